The molecule has 0 saturated carbocycles. The van der Waals surface area contributed by atoms with Crippen LogP contribution in [0.25, 0.3) is 0 Å². The summed E-state index contributed by atoms with van der Waals surface area (Å²) in [6, 6.07) is 7.66. The summed E-state index contributed by atoms with van der Waals surface area (Å²) in [4.78, 5) is 10.8. The highest BCUT2D eigenvalue weighted by Crippen LogP contribution is 2.19. The lowest BCUT2D eigenvalue weighted by Crippen LogP contribution is -2.10. The minimum absolute atomic E-state index is 0.361. The molecule has 1 unspecified atom stereocenters. The molecule has 0 aliphatic rings. The molecule has 1 atom stereocenters. The summed E-state index contributed by atoms with van der Waals surface area (Å²) >= 11 is 0. The highest BCUT2D eigenvalue weighted by molar-refractivity contribution is 5.75. The molecule has 2 nitrogen and oxygen atoms in total. The van der Waals surface area contributed by atoms with Crippen LogP contribution in [-0.2, 0) is 4.79 Å². The predicted molar refractivity (Wildman–Crippen MR) is 51.8 cm³/mol. The first-order chi connectivity index (χ1) is 6.15. The molecule has 2 heteroatoms. The van der Waals surface area contributed by atoms with Crippen molar-refractivity contribution in [3.05, 3.63) is 35.4 Å². The Labute approximate surface area is 78.2 Å². The van der Waals surface area contributed by atoms with Crippen molar-refractivity contribution in [2.75, 3.05) is 0 Å². The van der Waals surface area contributed by atoms with E-state index in [0.717, 1.165) is 11.1 Å². The molecule has 0 spiro atoms. The van der Waals surface area contributed by atoms with Crippen LogP contribution in [0, 0.1) is 6.92 Å². The van der Waals surface area contributed by atoms with Crippen molar-refractivity contribution < 1.29 is 9.90 Å². The highest BCUT2D eigenvalue weighted by Gasteiger charge is 2.16. The molecule has 0 fully saturated rings. The van der Waals surface area contributed by atoms with Gasteiger partial charge in [-0.3, -0.25) is 4.79 Å². The molecule has 0 radical (unpaired) electrons. The summed E-state index contributed by atoms with van der Waals surface area (Å²) in [7, 11) is 0. The predicted octanol–water partition coefficient (Wildman–Crippen LogP) is 2.57. The molecule has 1 rings (SSSR count). The molecule has 0 aliphatic carbocycles. The molecule has 0 aliphatic heterocycles. The number of carboxylic acids is 1. The van der Waals surface area contributed by atoms with E-state index in [0.29, 0.717) is 6.42 Å². The van der Waals surface area contributed by atoms with Crippen molar-refractivity contribution in [3.8, 4) is 0 Å². The Bertz CT molecular complexity index is 287. The molecule has 13 heavy (non-hydrogen) atoms. The minimum Gasteiger partial charge on any atom is -0.481 e. The fraction of sp³-hybridized carbons (Fsp3) is 0.364. The zero-order chi connectivity index (χ0) is 9.84. The van der Waals surface area contributed by atoms with Crippen LogP contribution in [0.2, 0.25) is 0 Å². The van der Waals surface area contributed by atoms with Gasteiger partial charge in [0, 0.05) is 0 Å². The van der Waals surface area contributed by atoms with Gasteiger partial charge in [-0.15, -0.1) is 0 Å². The Morgan fingerprint density at radius 1 is 1.38 bits per heavy atom. The molecule has 1 aromatic carbocycles. The lowest BCUT2D eigenvalue weighted by atomic mass is 9.96. The van der Waals surface area contributed by atoms with Gasteiger partial charge in [0.1, 0.15) is 0 Å². The smallest absolute Gasteiger partial charge is 0.310 e. The van der Waals surface area contributed by atoms with Crippen molar-refractivity contribution in [1.82, 2.24) is 0 Å². The summed E-state index contributed by atoms with van der Waals surface area (Å²) in [5.74, 6) is -1.10. The highest BCUT2D eigenvalue weighted by atomic mass is 16.4. The normalized spacial score (nSPS) is 12.5. The van der Waals surface area contributed by atoms with Crippen LogP contribution >= 0.6 is 0 Å². The van der Waals surface area contributed by atoms with Crippen molar-refractivity contribution in [2.24, 2.45) is 0 Å². The Hall–Kier alpha value is -1.31. The van der Waals surface area contributed by atoms with Gasteiger partial charge >= 0.3 is 5.97 Å². The third kappa shape index (κ3) is 2.31. The molecule has 0 heterocycles. The fourth-order valence-electron chi connectivity index (χ4n) is 1.35. The van der Waals surface area contributed by atoms with Gasteiger partial charge in [-0.25, -0.2) is 0 Å². The SMILES string of the molecule is CCC(C(=O)O)c1ccc(C)cc1. The van der Waals surface area contributed by atoms with E-state index in [2.05, 4.69) is 0 Å². The van der Waals surface area contributed by atoms with Gasteiger partial charge < -0.3 is 5.11 Å². The summed E-state index contributed by atoms with van der Waals surface area (Å²) in [6.07, 6.45) is 0.637. The van der Waals surface area contributed by atoms with Gasteiger partial charge in [0.25, 0.3) is 0 Å². The van der Waals surface area contributed by atoms with Gasteiger partial charge in [-0.1, -0.05) is 36.8 Å². The number of benzene rings is 1. The number of hydrogen-bond acceptors (Lipinski definition) is 1. The van der Waals surface area contributed by atoms with Crippen LogP contribution in [-0.4, -0.2) is 11.1 Å². The number of aliphatic carboxylic acids is 1. The quantitative estimate of drug-likeness (QED) is 0.772. The van der Waals surface area contributed by atoms with E-state index in [1.54, 1.807) is 0 Å². The maximum absolute atomic E-state index is 10.8. The standard InChI is InChI=1S/C11H14O2/c1-3-10(11(12)13)9-6-4-8(2)5-7-9/h4-7,10H,3H2,1-2H3,(H,12,13). The van der Waals surface area contributed by atoms with Crippen molar-refractivity contribution >= 4 is 5.97 Å². The van der Waals surface area contributed by atoms with Gasteiger partial charge in [-0.05, 0) is 18.9 Å². The summed E-state index contributed by atoms with van der Waals surface area (Å²) in [6.45, 7) is 3.88. The average molecular weight is 178 g/mol. The molecule has 0 aromatic heterocycles. The Kier molecular flexibility index (Phi) is 3.07. The maximum Gasteiger partial charge on any atom is 0.310 e. The number of aryl methyl sites for hydroxylation is 1. The van der Waals surface area contributed by atoms with E-state index in [-0.39, 0.29) is 5.92 Å². The molecular formula is C11H14O2. The van der Waals surface area contributed by atoms with E-state index in [1.807, 2.05) is 38.1 Å². The third-order valence-corrected chi connectivity index (χ3v) is 2.19. The van der Waals surface area contributed by atoms with Crippen LogP contribution in [0.1, 0.15) is 30.4 Å². The van der Waals surface area contributed by atoms with Crippen LogP contribution in [0.4, 0.5) is 0 Å². The van der Waals surface area contributed by atoms with Crippen LogP contribution < -0.4 is 0 Å². The van der Waals surface area contributed by atoms with E-state index >= 15 is 0 Å². The lowest BCUT2D eigenvalue weighted by Gasteiger charge is -2.09. The number of carbonyl (C=O) groups is 1. The third-order valence-electron chi connectivity index (χ3n) is 2.19. The Morgan fingerprint density at radius 2 is 1.92 bits per heavy atom. The maximum atomic E-state index is 10.8. The van der Waals surface area contributed by atoms with Crippen molar-refractivity contribution in [2.45, 2.75) is 26.2 Å². The molecular weight excluding hydrogens is 164 g/mol. The Balaban J connectivity index is 2.92. The first-order valence-electron chi connectivity index (χ1n) is 4.44. The fourth-order valence-corrected chi connectivity index (χ4v) is 1.35. The monoisotopic (exact) mass is 178 g/mol. The van der Waals surface area contributed by atoms with E-state index < -0.39 is 5.97 Å². The largest absolute Gasteiger partial charge is 0.481 e. The minimum atomic E-state index is -0.744. The zero-order valence-corrected chi connectivity index (χ0v) is 7.95. The van der Waals surface area contributed by atoms with Crippen LogP contribution in [0.5, 0.6) is 0 Å². The van der Waals surface area contributed by atoms with E-state index in [9.17, 15) is 4.79 Å². The van der Waals surface area contributed by atoms with Gasteiger partial charge in [0.2, 0.25) is 0 Å². The zero-order valence-electron chi connectivity index (χ0n) is 7.95. The van der Waals surface area contributed by atoms with E-state index in [4.69, 9.17) is 5.11 Å². The van der Waals surface area contributed by atoms with Crippen LogP contribution in [0.3, 0.4) is 0 Å². The second kappa shape index (κ2) is 4.08. The molecule has 70 valence electrons. The molecule has 0 bridgehead atoms. The number of carboxylic acid groups (broad SMARTS) is 1. The summed E-state index contributed by atoms with van der Waals surface area (Å²) in [5.41, 5.74) is 2.05. The first-order valence-corrected chi connectivity index (χ1v) is 4.44. The van der Waals surface area contributed by atoms with Gasteiger partial charge in [-0.2, -0.15) is 0 Å². The molecule has 0 saturated heterocycles. The first kappa shape index (κ1) is 9.78. The molecule has 0 amide bonds. The van der Waals surface area contributed by atoms with Gasteiger partial charge in [0.05, 0.1) is 5.92 Å². The molecule has 1 aromatic rings. The number of hydrogen-bond donors (Lipinski definition) is 1. The second-order valence-electron chi connectivity index (χ2n) is 3.21. The molecule has 1 N–H and O–H groups in total. The second-order valence-corrected chi connectivity index (χ2v) is 3.21. The summed E-state index contributed by atoms with van der Waals surface area (Å²) < 4.78 is 0. The van der Waals surface area contributed by atoms with E-state index in [1.165, 1.54) is 0 Å². The Morgan fingerprint density at radius 3 is 2.31 bits per heavy atom. The van der Waals surface area contributed by atoms with Crippen LogP contribution in [0.15, 0.2) is 24.3 Å². The summed E-state index contributed by atoms with van der Waals surface area (Å²) in [5, 5.41) is 8.90. The van der Waals surface area contributed by atoms with Crippen molar-refractivity contribution in [3.63, 3.8) is 0 Å². The topological polar surface area (TPSA) is 37.3 Å². The van der Waals surface area contributed by atoms with Gasteiger partial charge in [0.15, 0.2) is 0 Å². The number of rotatable bonds is 3. The average Bonchev–Trinajstić information content (AvgIpc) is 2.09. The lowest BCUT2D eigenvalue weighted by molar-refractivity contribution is -0.138. The van der Waals surface area contributed by atoms with Crippen molar-refractivity contribution in [1.29, 1.82) is 0 Å².